The Labute approximate surface area is 855 Å². The Morgan fingerprint density at radius 2 is 0.678 bits per heavy atom. The molecule has 0 unspecified atom stereocenters. The third kappa shape index (κ3) is 21.5. The van der Waals surface area contributed by atoms with Crippen LogP contribution in [0.4, 0.5) is 0 Å². The Balaban J connectivity index is 0.000000111. The summed E-state index contributed by atoms with van der Waals surface area (Å²) in [5, 5.41) is 11.9. The molecule has 0 saturated heterocycles. The third-order valence-electron chi connectivity index (χ3n) is 23.0. The van der Waals surface area contributed by atoms with Gasteiger partial charge in [-0.05, 0) is 130 Å². The lowest BCUT2D eigenvalue weighted by Crippen LogP contribution is -2.09. The average molecular weight is 2050 g/mol. The smallest absolute Gasteiger partial charge is 0.269 e. The molecule has 24 rings (SSSR count). The normalized spacial score (nSPS) is 11.2. The van der Waals surface area contributed by atoms with Gasteiger partial charge in [0.05, 0.1) is 64.8 Å². The van der Waals surface area contributed by atoms with Gasteiger partial charge < -0.3 is 57.6 Å². The van der Waals surface area contributed by atoms with E-state index in [0.29, 0.717) is 132 Å². The summed E-state index contributed by atoms with van der Waals surface area (Å²) in [5.41, 5.74) is 23.7. The molecule has 0 aliphatic carbocycles. The fraction of sp³-hybridized carbons (Fsp3) is 0.148. The first-order valence-corrected chi connectivity index (χ1v) is 51.2. The number of hydrogen-bond donors (Lipinski definition) is 6. The van der Waals surface area contributed by atoms with E-state index < -0.39 is 0 Å². The molecule has 0 spiro atoms. The quantitative estimate of drug-likeness (QED) is 0.0493. The van der Waals surface area contributed by atoms with Crippen LogP contribution in [0.5, 0.6) is 11.5 Å². The number of nitrogens with one attached hydrogen (secondary N) is 6. The SMILES string of the molecule is CC(C)COc1ccc(-c2csc3c(=O)[nH]c(-c4cn(C)cn4)nc23)cc1.Cc1cc(-c2csc3c(=O)[nH]c(-c4nccn4C)nc23)ccc1OC(C)C.Cc1cccc(-c2csc3c(=O)[nH]c(-c4ccncn4)nc23)c1.Cc1cccc(-c2csc3c(=O)[nH]c(-c4cn(C)cn4)nc23)c1.Cc1cccc(-c2csc3c(=O)[nH]c(-c4cn(C)cn4)nc23)c1.Cc1cccc(-c2csc3c(=O)[nH]c(-c4ncccn4)nc23)c1. The van der Waals surface area contributed by atoms with Crippen molar-refractivity contribution in [3.63, 3.8) is 0 Å². The van der Waals surface area contributed by atoms with Gasteiger partial charge in [-0.1, -0.05) is 151 Å². The minimum absolute atomic E-state index is 0.122. The number of benzene rings is 6. The topological polar surface area (TPSA) is 416 Å². The second kappa shape index (κ2) is 42.6. The van der Waals surface area contributed by atoms with E-state index in [1.54, 1.807) is 55.9 Å². The Kier molecular flexibility index (Phi) is 28.5. The van der Waals surface area contributed by atoms with Gasteiger partial charge in [0.25, 0.3) is 33.4 Å². The van der Waals surface area contributed by atoms with Crippen LogP contribution in [0.2, 0.25) is 0 Å². The molecule has 6 N–H and O–H groups in total. The average Bonchev–Trinajstić information content (AvgIpc) is 1.64. The van der Waals surface area contributed by atoms with Gasteiger partial charge in [-0.2, -0.15) is 0 Å². The van der Waals surface area contributed by atoms with Crippen molar-refractivity contribution in [1.29, 1.82) is 0 Å². The maximum atomic E-state index is 12.6. The zero-order valence-corrected chi connectivity index (χ0v) is 85.9. The lowest BCUT2D eigenvalue weighted by atomic mass is 10.0. The molecular weight excluding hydrogens is 1950 g/mol. The van der Waals surface area contributed by atoms with Crippen LogP contribution in [-0.2, 0) is 28.2 Å². The number of aryl methyl sites for hydroxylation is 9. The van der Waals surface area contributed by atoms with Crippen molar-refractivity contribution in [3.05, 3.63) is 349 Å². The second-order valence-corrected chi connectivity index (χ2v) is 40.4. The molecule has 0 bridgehead atoms. The molecule has 0 aliphatic heterocycles. The van der Waals surface area contributed by atoms with Crippen molar-refractivity contribution < 1.29 is 9.47 Å². The molecule has 32 nitrogen and oxygen atoms in total. The molecule has 0 atom stereocenters. The van der Waals surface area contributed by atoms with Gasteiger partial charge >= 0.3 is 0 Å². The van der Waals surface area contributed by atoms with E-state index in [4.69, 9.17) is 14.5 Å². The molecule has 38 heteroatoms. The molecule has 0 amide bonds. The van der Waals surface area contributed by atoms with Gasteiger partial charge in [0.15, 0.2) is 46.6 Å². The molecule has 18 aromatic heterocycles. The van der Waals surface area contributed by atoms with Gasteiger partial charge in [0.2, 0.25) is 0 Å². The number of aromatic nitrogens is 24. The zero-order valence-electron chi connectivity index (χ0n) is 81.0. The van der Waals surface area contributed by atoms with E-state index in [1.165, 1.54) is 96.6 Å². The molecule has 6 aromatic carbocycles. The fourth-order valence-corrected chi connectivity index (χ4v) is 21.4. The van der Waals surface area contributed by atoms with Crippen molar-refractivity contribution in [1.82, 2.24) is 118 Å². The molecule has 24 aromatic rings. The Morgan fingerprint density at radius 1 is 0.336 bits per heavy atom. The van der Waals surface area contributed by atoms with Crippen molar-refractivity contribution in [2.24, 2.45) is 34.1 Å². The first kappa shape index (κ1) is 97.8. The zero-order chi connectivity index (χ0) is 102. The monoisotopic (exact) mass is 2040 g/mol. The Bertz CT molecular complexity index is 8980. The minimum Gasteiger partial charge on any atom is -0.493 e. The minimum atomic E-state index is -0.165. The molecule has 0 fully saturated rings. The number of H-pyrrole nitrogens is 6. The van der Waals surface area contributed by atoms with Crippen LogP contribution in [0.1, 0.15) is 55.5 Å². The summed E-state index contributed by atoms with van der Waals surface area (Å²) >= 11 is 8.44. The first-order chi connectivity index (χ1) is 70.6. The van der Waals surface area contributed by atoms with Crippen LogP contribution >= 0.6 is 68.0 Å². The van der Waals surface area contributed by atoms with Gasteiger partial charge in [-0.15, -0.1) is 68.0 Å². The van der Waals surface area contributed by atoms with Crippen molar-refractivity contribution in [3.8, 4) is 148 Å². The number of aromatic amines is 6. The number of imidazole rings is 4. The number of ether oxygens (including phenoxy) is 2. The molecule has 146 heavy (non-hydrogen) atoms. The van der Waals surface area contributed by atoms with Crippen LogP contribution in [0.25, 0.3) is 197 Å². The molecular formula is C108H92N24O8S6. The third-order valence-corrected chi connectivity index (χ3v) is 28.8. The number of nitrogens with zero attached hydrogens (tertiary/aromatic N) is 18. The predicted molar refractivity (Wildman–Crippen MR) is 585 cm³/mol. The van der Waals surface area contributed by atoms with Crippen LogP contribution in [0.15, 0.2) is 288 Å². The van der Waals surface area contributed by atoms with Crippen LogP contribution < -0.4 is 42.8 Å². The maximum Gasteiger partial charge on any atom is 0.269 e. The summed E-state index contributed by atoms with van der Waals surface area (Å²) in [6, 6.07) is 50.2. The summed E-state index contributed by atoms with van der Waals surface area (Å²) in [6.45, 7) is 19.2. The Morgan fingerprint density at radius 3 is 1.01 bits per heavy atom. The summed E-state index contributed by atoms with van der Waals surface area (Å²) < 4.78 is 22.6. The number of thiophene rings is 6. The molecule has 0 saturated carbocycles. The van der Waals surface area contributed by atoms with Crippen LogP contribution in [0, 0.1) is 40.5 Å². The predicted octanol–water partition coefficient (Wildman–Crippen LogP) is 21.8. The van der Waals surface area contributed by atoms with Gasteiger partial charge in [-0.25, -0.2) is 69.8 Å². The van der Waals surface area contributed by atoms with E-state index in [1.807, 2.05) is 235 Å². The molecule has 0 radical (unpaired) electrons. The maximum absolute atomic E-state index is 12.6. The number of hydrogen-bond acceptors (Lipinski definition) is 28. The van der Waals surface area contributed by atoms with Gasteiger partial charge in [0, 0.05) is 143 Å². The highest BCUT2D eigenvalue weighted by Crippen LogP contribution is 2.41. The first-order valence-electron chi connectivity index (χ1n) is 46.0. The molecule has 18 heterocycles. The number of fused-ring (bicyclic) bond motifs is 6. The van der Waals surface area contributed by atoms with Crippen molar-refractivity contribution in [2.75, 3.05) is 6.61 Å². The highest BCUT2D eigenvalue weighted by Gasteiger charge is 2.24. The second-order valence-electron chi connectivity index (χ2n) is 35.1. The highest BCUT2D eigenvalue weighted by molar-refractivity contribution is 7.19. The summed E-state index contributed by atoms with van der Waals surface area (Å²) in [5.74, 6) is 6.00. The van der Waals surface area contributed by atoms with Crippen molar-refractivity contribution >= 4 is 129 Å². The van der Waals surface area contributed by atoms with Crippen LogP contribution in [-0.4, -0.2) is 131 Å². The van der Waals surface area contributed by atoms with Crippen molar-refractivity contribution in [2.45, 2.75) is 68.4 Å². The molecule has 0 aliphatic rings. The highest BCUT2D eigenvalue weighted by atomic mass is 32.1. The molecule has 728 valence electrons. The van der Waals surface area contributed by atoms with E-state index in [9.17, 15) is 28.8 Å². The van der Waals surface area contributed by atoms with E-state index in [0.717, 1.165) is 94.9 Å². The fourth-order valence-electron chi connectivity index (χ4n) is 16.0. The van der Waals surface area contributed by atoms with Gasteiger partial charge in [-0.3, -0.25) is 28.8 Å². The lowest BCUT2D eigenvalue weighted by molar-refractivity contribution is 0.241. The summed E-state index contributed by atoms with van der Waals surface area (Å²) in [6.07, 6.45) is 20.5. The van der Waals surface area contributed by atoms with E-state index >= 15 is 0 Å². The van der Waals surface area contributed by atoms with E-state index in [-0.39, 0.29) is 39.5 Å². The Hall–Kier alpha value is -17.0. The van der Waals surface area contributed by atoms with E-state index in [2.05, 4.69) is 165 Å². The lowest BCUT2D eigenvalue weighted by Gasteiger charge is -2.13. The van der Waals surface area contributed by atoms with Crippen LogP contribution in [0.3, 0.4) is 0 Å². The van der Waals surface area contributed by atoms with Gasteiger partial charge in [0.1, 0.15) is 68.8 Å². The summed E-state index contributed by atoms with van der Waals surface area (Å²) in [7, 11) is 7.52. The largest absolute Gasteiger partial charge is 0.493 e. The summed E-state index contributed by atoms with van der Waals surface area (Å²) in [4.78, 5) is 153. The number of rotatable bonds is 17. The standard InChI is InChI=1S/2C20H20N4O2S.2C17H14N4OS.2C17H12N4OS/c1-11(2)26-15-6-5-13(9-12(15)3)14-10-27-17-16(14)22-18(23-20(17)25)19-21-7-8-24(19)4;1-12(2)9-26-14-6-4-13(5-7-14)15-10-27-18-17(15)22-19(23-20(18)25)16-8-24(3)11-21-16;2*1-10-4-3-5-11(6-10)12-8-23-15-14(12)19-16(20-17(15)22)13-7-21(2)9-18-13;1-10-4-2-5-11(8-10)12-9-23-14-13(12)20-16(21-17(14)22)15-18-6-3-7-19-15;1-10-3-2-4-11(7-10)12-8-23-15-14(12)20-16(21-17(15)22)13-5-6-18-9-19-13/h5-11H,1-4H3,(H,22,23,25);4-8,10-12H,9H2,1-3H3,(H,22,23,25);2*3-9H,1-2H3,(H,19,20,22);2*2-9H,1H3,(H,20,21,22).